The summed E-state index contributed by atoms with van der Waals surface area (Å²) in [5, 5.41) is 11.7. The van der Waals surface area contributed by atoms with Crippen molar-refractivity contribution >= 4 is 22.6 Å². The summed E-state index contributed by atoms with van der Waals surface area (Å²) in [5.74, 6) is -1.04. The molecular formula is C15H15FN3O2S-. The number of benzene rings is 1. The number of piperidine rings is 1. The van der Waals surface area contributed by atoms with Crippen LogP contribution in [0, 0.1) is 11.7 Å². The van der Waals surface area contributed by atoms with Crippen LogP contribution in [-0.2, 0) is 11.2 Å². The van der Waals surface area contributed by atoms with Crippen LogP contribution in [0.2, 0.25) is 0 Å². The first-order chi connectivity index (χ1) is 10.6. The Hall–Kier alpha value is -2.02. The lowest BCUT2D eigenvalue weighted by Crippen LogP contribution is -2.43. The van der Waals surface area contributed by atoms with Crippen molar-refractivity contribution in [1.82, 2.24) is 9.36 Å². The van der Waals surface area contributed by atoms with Gasteiger partial charge in [0.05, 0.1) is 0 Å². The molecule has 2 heterocycles. The molecule has 0 saturated carbocycles. The summed E-state index contributed by atoms with van der Waals surface area (Å²) in [6.45, 7) is 1.21. The van der Waals surface area contributed by atoms with Gasteiger partial charge in [-0.05, 0) is 30.5 Å². The van der Waals surface area contributed by atoms with Crippen molar-refractivity contribution in [2.45, 2.75) is 19.3 Å². The third-order valence-electron chi connectivity index (χ3n) is 3.76. The summed E-state index contributed by atoms with van der Waals surface area (Å²) in [6.07, 6.45) is 2.00. The van der Waals surface area contributed by atoms with Crippen LogP contribution in [0.1, 0.15) is 24.2 Å². The van der Waals surface area contributed by atoms with Crippen LogP contribution in [0.15, 0.2) is 24.3 Å². The number of rotatable bonds is 4. The normalized spacial score (nSPS) is 18.4. The van der Waals surface area contributed by atoms with E-state index in [0.29, 0.717) is 25.2 Å². The minimum Gasteiger partial charge on any atom is -0.550 e. The van der Waals surface area contributed by atoms with Crippen LogP contribution < -0.4 is 10.0 Å². The maximum atomic E-state index is 12.9. The van der Waals surface area contributed by atoms with E-state index in [-0.39, 0.29) is 5.82 Å². The molecule has 1 aromatic carbocycles. The maximum absolute atomic E-state index is 12.9. The van der Waals surface area contributed by atoms with Crippen molar-refractivity contribution in [3.05, 3.63) is 41.5 Å². The summed E-state index contributed by atoms with van der Waals surface area (Å²) in [7, 11) is 0. The first-order valence-corrected chi connectivity index (χ1v) is 7.92. The van der Waals surface area contributed by atoms with Crippen LogP contribution in [0.25, 0.3) is 0 Å². The lowest BCUT2D eigenvalue weighted by molar-refractivity contribution is -0.311. The van der Waals surface area contributed by atoms with Gasteiger partial charge in [0, 0.05) is 42.9 Å². The molecule has 1 fully saturated rings. The second-order valence-electron chi connectivity index (χ2n) is 5.40. The van der Waals surface area contributed by atoms with Gasteiger partial charge in [0.15, 0.2) is 0 Å². The Balaban J connectivity index is 1.68. The number of carboxylic acid groups (broad SMARTS) is 1. The molecule has 2 aromatic rings. The van der Waals surface area contributed by atoms with Crippen LogP contribution in [-0.4, -0.2) is 28.4 Å². The van der Waals surface area contributed by atoms with E-state index in [4.69, 9.17) is 0 Å². The fraction of sp³-hybridized carbons (Fsp3) is 0.400. The predicted octanol–water partition coefficient (Wildman–Crippen LogP) is 1.23. The molecule has 0 bridgehead atoms. The predicted molar refractivity (Wildman–Crippen MR) is 79.1 cm³/mol. The number of carboxylic acids is 1. The molecule has 0 N–H and O–H groups in total. The zero-order valence-corrected chi connectivity index (χ0v) is 12.7. The maximum Gasteiger partial charge on any atom is 0.205 e. The molecule has 22 heavy (non-hydrogen) atoms. The summed E-state index contributed by atoms with van der Waals surface area (Å²) in [5.41, 5.74) is 0.942. The second kappa shape index (κ2) is 6.39. The van der Waals surface area contributed by atoms with Gasteiger partial charge in [-0.2, -0.15) is 4.37 Å². The highest BCUT2D eigenvalue weighted by molar-refractivity contribution is 7.09. The van der Waals surface area contributed by atoms with E-state index in [1.54, 1.807) is 12.1 Å². The summed E-state index contributed by atoms with van der Waals surface area (Å²) in [4.78, 5) is 17.4. The number of halogens is 1. The standard InChI is InChI=1S/C15H16FN3O2S/c16-12-5-3-10(4-6-12)8-13-17-15(22-18-13)19-7-1-2-11(9-19)14(20)21/h3-6,11H,1-2,7-9H2,(H,20,21)/p-1/t11-/m1/s1. The first-order valence-electron chi connectivity index (χ1n) is 7.14. The van der Waals surface area contributed by atoms with Crippen LogP contribution in [0.3, 0.4) is 0 Å². The zero-order chi connectivity index (χ0) is 15.5. The highest BCUT2D eigenvalue weighted by atomic mass is 32.1. The van der Waals surface area contributed by atoms with Gasteiger partial charge < -0.3 is 14.8 Å². The van der Waals surface area contributed by atoms with Gasteiger partial charge in [0.1, 0.15) is 11.6 Å². The van der Waals surface area contributed by atoms with Gasteiger partial charge in [-0.3, -0.25) is 0 Å². The molecule has 3 rings (SSSR count). The number of hydrogen-bond acceptors (Lipinski definition) is 6. The van der Waals surface area contributed by atoms with Gasteiger partial charge in [0.25, 0.3) is 0 Å². The number of carbonyl (C=O) groups is 1. The molecule has 0 amide bonds. The van der Waals surface area contributed by atoms with Gasteiger partial charge >= 0.3 is 0 Å². The van der Waals surface area contributed by atoms with Gasteiger partial charge in [0.2, 0.25) is 5.13 Å². The van der Waals surface area contributed by atoms with E-state index in [2.05, 4.69) is 9.36 Å². The summed E-state index contributed by atoms with van der Waals surface area (Å²) >= 11 is 1.27. The molecule has 1 aromatic heterocycles. The molecule has 0 aliphatic carbocycles. The lowest BCUT2D eigenvalue weighted by Gasteiger charge is -2.32. The fourth-order valence-electron chi connectivity index (χ4n) is 2.57. The smallest absolute Gasteiger partial charge is 0.205 e. The Morgan fingerprint density at radius 2 is 2.18 bits per heavy atom. The third kappa shape index (κ3) is 3.41. The highest BCUT2D eigenvalue weighted by Crippen LogP contribution is 2.25. The Bertz CT molecular complexity index is 659. The van der Waals surface area contributed by atoms with E-state index < -0.39 is 11.9 Å². The Morgan fingerprint density at radius 3 is 2.91 bits per heavy atom. The average molecular weight is 320 g/mol. The van der Waals surface area contributed by atoms with Gasteiger partial charge in [-0.25, -0.2) is 9.37 Å². The number of aromatic nitrogens is 2. The van der Waals surface area contributed by atoms with Crippen molar-refractivity contribution in [2.75, 3.05) is 18.0 Å². The topological polar surface area (TPSA) is 69.2 Å². The SMILES string of the molecule is O=C([O-])[C@@H]1CCCN(c2nc(Cc3ccc(F)cc3)ns2)C1. The number of aliphatic carboxylic acids is 1. The van der Waals surface area contributed by atoms with E-state index in [0.717, 1.165) is 23.7 Å². The minimum absolute atomic E-state index is 0.266. The quantitative estimate of drug-likeness (QED) is 0.847. The molecule has 1 aliphatic rings. The van der Waals surface area contributed by atoms with E-state index in [1.165, 1.54) is 23.7 Å². The largest absolute Gasteiger partial charge is 0.550 e. The van der Waals surface area contributed by atoms with Crippen molar-refractivity contribution in [3.8, 4) is 0 Å². The average Bonchev–Trinajstić information content (AvgIpc) is 2.98. The molecule has 0 unspecified atom stereocenters. The minimum atomic E-state index is -0.999. The first kappa shape index (κ1) is 14.9. The lowest BCUT2D eigenvalue weighted by atomic mass is 9.99. The molecule has 1 saturated heterocycles. The Labute approximate surface area is 131 Å². The van der Waals surface area contributed by atoms with Gasteiger partial charge in [-0.1, -0.05) is 12.1 Å². The summed E-state index contributed by atoms with van der Waals surface area (Å²) in [6, 6.07) is 6.25. The Kier molecular flexibility index (Phi) is 4.33. The van der Waals surface area contributed by atoms with E-state index in [1.807, 2.05) is 4.90 Å². The molecule has 7 heteroatoms. The number of nitrogens with zero attached hydrogens (tertiary/aromatic N) is 3. The number of carbonyl (C=O) groups excluding carboxylic acids is 1. The number of anilines is 1. The van der Waals surface area contributed by atoms with E-state index in [9.17, 15) is 14.3 Å². The van der Waals surface area contributed by atoms with Crippen molar-refractivity contribution in [1.29, 1.82) is 0 Å². The van der Waals surface area contributed by atoms with E-state index >= 15 is 0 Å². The van der Waals surface area contributed by atoms with Crippen LogP contribution in [0.5, 0.6) is 0 Å². The molecule has 1 aliphatic heterocycles. The van der Waals surface area contributed by atoms with Crippen molar-refractivity contribution in [2.24, 2.45) is 5.92 Å². The molecule has 1 atom stereocenters. The zero-order valence-electron chi connectivity index (χ0n) is 11.9. The molecule has 0 radical (unpaired) electrons. The van der Waals surface area contributed by atoms with Crippen LogP contribution in [0.4, 0.5) is 9.52 Å². The van der Waals surface area contributed by atoms with Crippen molar-refractivity contribution in [3.63, 3.8) is 0 Å². The Morgan fingerprint density at radius 1 is 1.41 bits per heavy atom. The molecule has 5 nitrogen and oxygen atoms in total. The fourth-order valence-corrected chi connectivity index (χ4v) is 3.29. The summed E-state index contributed by atoms with van der Waals surface area (Å²) < 4.78 is 17.2. The third-order valence-corrected chi connectivity index (χ3v) is 4.57. The number of hydrogen-bond donors (Lipinski definition) is 0. The highest BCUT2D eigenvalue weighted by Gasteiger charge is 2.23. The second-order valence-corrected chi connectivity index (χ2v) is 6.13. The van der Waals surface area contributed by atoms with Gasteiger partial charge in [-0.15, -0.1) is 0 Å². The van der Waals surface area contributed by atoms with Crippen LogP contribution >= 0.6 is 11.5 Å². The monoisotopic (exact) mass is 320 g/mol. The van der Waals surface area contributed by atoms with Crippen molar-refractivity contribution < 1.29 is 14.3 Å². The molecule has 116 valence electrons. The molecule has 0 spiro atoms. The molecular weight excluding hydrogens is 305 g/mol.